The minimum atomic E-state index is -0.136. The Bertz CT molecular complexity index is 397. The fourth-order valence-corrected chi connectivity index (χ4v) is 1.69. The molecule has 1 heterocycles. The first kappa shape index (κ1) is 11.0. The fourth-order valence-electron chi connectivity index (χ4n) is 1.69. The lowest BCUT2D eigenvalue weighted by atomic mass is 10.1. The van der Waals surface area contributed by atoms with Crippen LogP contribution in [-0.2, 0) is 4.84 Å². The highest BCUT2D eigenvalue weighted by molar-refractivity contribution is 5.93. The third-order valence-corrected chi connectivity index (χ3v) is 2.67. The Morgan fingerprint density at radius 3 is 2.88 bits per heavy atom. The number of hydrogen-bond acceptors (Lipinski definition) is 3. The summed E-state index contributed by atoms with van der Waals surface area (Å²) in [6.07, 6.45) is 1.97. The van der Waals surface area contributed by atoms with Crippen molar-refractivity contribution < 1.29 is 14.7 Å². The van der Waals surface area contributed by atoms with Gasteiger partial charge in [0.2, 0.25) is 0 Å². The van der Waals surface area contributed by atoms with E-state index >= 15 is 0 Å². The van der Waals surface area contributed by atoms with E-state index in [2.05, 4.69) is 0 Å². The number of aryl methyl sites for hydroxylation is 1. The average molecular weight is 221 g/mol. The molecule has 2 rings (SSSR count). The van der Waals surface area contributed by atoms with E-state index in [1.165, 1.54) is 11.1 Å². The summed E-state index contributed by atoms with van der Waals surface area (Å²) in [5.74, 6) is 0.0684. The number of carbonyl (C=O) groups is 1. The Hall–Kier alpha value is -1.55. The van der Waals surface area contributed by atoms with Crippen molar-refractivity contribution in [3.05, 3.63) is 29.3 Å². The first-order chi connectivity index (χ1) is 7.68. The number of carbonyl (C=O) groups excluding carboxylic acids is 1. The maximum atomic E-state index is 12.0. The molecule has 1 amide bonds. The zero-order valence-electron chi connectivity index (χ0n) is 9.27. The van der Waals surface area contributed by atoms with Crippen molar-refractivity contribution in [1.29, 1.82) is 0 Å². The van der Waals surface area contributed by atoms with Crippen LogP contribution in [0.2, 0.25) is 0 Å². The Morgan fingerprint density at radius 2 is 2.25 bits per heavy atom. The fraction of sp³-hybridized carbons (Fsp3) is 0.417. The summed E-state index contributed by atoms with van der Waals surface area (Å²) in [5, 5.41) is 10.8. The molecule has 0 atom stereocenters. The van der Waals surface area contributed by atoms with Crippen LogP contribution in [0.15, 0.2) is 18.2 Å². The predicted octanol–water partition coefficient (Wildman–Crippen LogP) is 1.87. The average Bonchev–Trinajstić information content (AvgIpc) is 2.33. The minimum Gasteiger partial charge on any atom is -0.508 e. The van der Waals surface area contributed by atoms with Gasteiger partial charge in [0.15, 0.2) is 0 Å². The Balaban J connectivity index is 2.16. The first-order valence-electron chi connectivity index (χ1n) is 5.43. The van der Waals surface area contributed by atoms with Crippen molar-refractivity contribution in [2.24, 2.45) is 0 Å². The molecule has 1 fully saturated rings. The van der Waals surface area contributed by atoms with E-state index in [0.29, 0.717) is 24.3 Å². The number of amides is 1. The third-order valence-electron chi connectivity index (χ3n) is 2.67. The maximum Gasteiger partial charge on any atom is 0.277 e. The number of rotatable bonds is 1. The second-order valence-electron chi connectivity index (χ2n) is 3.95. The molecule has 0 bridgehead atoms. The van der Waals surface area contributed by atoms with E-state index in [1.807, 2.05) is 0 Å². The quantitative estimate of drug-likeness (QED) is 0.787. The van der Waals surface area contributed by atoms with Crippen LogP contribution in [-0.4, -0.2) is 29.2 Å². The molecule has 4 heteroatoms. The van der Waals surface area contributed by atoms with E-state index in [9.17, 15) is 9.90 Å². The molecule has 0 spiro atoms. The van der Waals surface area contributed by atoms with Crippen LogP contribution in [0.3, 0.4) is 0 Å². The molecule has 1 N–H and O–H groups in total. The van der Waals surface area contributed by atoms with Crippen molar-refractivity contribution >= 4 is 5.91 Å². The monoisotopic (exact) mass is 221 g/mol. The lowest BCUT2D eigenvalue weighted by molar-refractivity contribution is -0.144. The summed E-state index contributed by atoms with van der Waals surface area (Å²) in [6, 6.07) is 4.82. The summed E-state index contributed by atoms with van der Waals surface area (Å²) in [6.45, 7) is 3.00. The Morgan fingerprint density at radius 1 is 1.44 bits per heavy atom. The number of aromatic hydroxyl groups is 1. The van der Waals surface area contributed by atoms with Crippen LogP contribution < -0.4 is 0 Å². The summed E-state index contributed by atoms with van der Waals surface area (Å²) >= 11 is 0. The number of phenols is 1. The standard InChI is InChI=1S/C12H15NO3/c1-9-8-10(4-5-11(9)14)12(15)13-6-2-3-7-16-13/h4-5,8,14H,2-3,6-7H2,1H3. The van der Waals surface area contributed by atoms with Gasteiger partial charge in [0.25, 0.3) is 5.91 Å². The molecule has 16 heavy (non-hydrogen) atoms. The molecular formula is C12H15NO3. The van der Waals surface area contributed by atoms with Gasteiger partial charge in [-0.25, -0.2) is 5.06 Å². The number of nitrogens with zero attached hydrogens (tertiary/aromatic N) is 1. The molecule has 0 aromatic heterocycles. The summed E-state index contributed by atoms with van der Waals surface area (Å²) in [7, 11) is 0. The highest BCUT2D eigenvalue weighted by atomic mass is 16.7. The zero-order chi connectivity index (χ0) is 11.5. The van der Waals surface area contributed by atoms with Crippen LogP contribution in [0.4, 0.5) is 0 Å². The normalized spacial score (nSPS) is 16.2. The molecule has 1 saturated heterocycles. The predicted molar refractivity (Wildman–Crippen MR) is 59.1 cm³/mol. The number of hydrogen-bond donors (Lipinski definition) is 1. The van der Waals surface area contributed by atoms with Gasteiger partial charge in [0.05, 0.1) is 6.61 Å². The van der Waals surface area contributed by atoms with E-state index in [1.54, 1.807) is 19.1 Å². The zero-order valence-corrected chi connectivity index (χ0v) is 9.27. The lowest BCUT2D eigenvalue weighted by Crippen LogP contribution is -2.35. The molecule has 0 unspecified atom stereocenters. The Labute approximate surface area is 94.4 Å². The largest absolute Gasteiger partial charge is 0.508 e. The van der Waals surface area contributed by atoms with E-state index in [4.69, 9.17) is 4.84 Å². The molecule has 86 valence electrons. The van der Waals surface area contributed by atoms with Gasteiger partial charge in [-0.2, -0.15) is 0 Å². The van der Waals surface area contributed by atoms with Gasteiger partial charge in [-0.1, -0.05) is 0 Å². The van der Waals surface area contributed by atoms with E-state index in [0.717, 1.165) is 12.8 Å². The smallest absolute Gasteiger partial charge is 0.277 e. The third kappa shape index (κ3) is 2.17. The van der Waals surface area contributed by atoms with Gasteiger partial charge in [-0.3, -0.25) is 9.63 Å². The molecule has 1 aliphatic heterocycles. The first-order valence-corrected chi connectivity index (χ1v) is 5.43. The summed E-state index contributed by atoms with van der Waals surface area (Å²) in [5.41, 5.74) is 1.25. The second kappa shape index (κ2) is 4.53. The molecule has 4 nitrogen and oxygen atoms in total. The number of benzene rings is 1. The van der Waals surface area contributed by atoms with Crippen molar-refractivity contribution in [1.82, 2.24) is 5.06 Å². The summed E-state index contributed by atoms with van der Waals surface area (Å²) < 4.78 is 0. The Kier molecular flexibility index (Phi) is 3.10. The molecular weight excluding hydrogens is 206 g/mol. The van der Waals surface area contributed by atoms with Gasteiger partial charge >= 0.3 is 0 Å². The van der Waals surface area contributed by atoms with Crippen LogP contribution in [0, 0.1) is 6.92 Å². The maximum absolute atomic E-state index is 12.0. The molecule has 1 aromatic rings. The second-order valence-corrected chi connectivity index (χ2v) is 3.95. The highest BCUT2D eigenvalue weighted by Crippen LogP contribution is 2.19. The van der Waals surface area contributed by atoms with Crippen molar-refractivity contribution in [3.63, 3.8) is 0 Å². The topological polar surface area (TPSA) is 49.8 Å². The van der Waals surface area contributed by atoms with E-state index in [-0.39, 0.29) is 11.7 Å². The number of phenolic OH excluding ortho intramolecular Hbond substituents is 1. The van der Waals surface area contributed by atoms with Gasteiger partial charge < -0.3 is 5.11 Å². The van der Waals surface area contributed by atoms with Crippen LogP contribution in [0.1, 0.15) is 28.8 Å². The highest BCUT2D eigenvalue weighted by Gasteiger charge is 2.19. The van der Waals surface area contributed by atoms with Gasteiger partial charge in [0.1, 0.15) is 5.75 Å². The van der Waals surface area contributed by atoms with Crippen molar-refractivity contribution in [3.8, 4) is 5.75 Å². The van der Waals surface area contributed by atoms with Crippen LogP contribution in [0.5, 0.6) is 5.75 Å². The van der Waals surface area contributed by atoms with Crippen LogP contribution >= 0.6 is 0 Å². The van der Waals surface area contributed by atoms with Gasteiger partial charge in [0, 0.05) is 12.1 Å². The molecule has 0 saturated carbocycles. The van der Waals surface area contributed by atoms with Crippen LogP contribution in [0.25, 0.3) is 0 Å². The van der Waals surface area contributed by atoms with Crippen molar-refractivity contribution in [2.45, 2.75) is 19.8 Å². The minimum absolute atomic E-state index is 0.136. The molecule has 1 aromatic carbocycles. The SMILES string of the molecule is Cc1cc(C(=O)N2CCCCO2)ccc1O. The van der Waals surface area contributed by atoms with Gasteiger partial charge in [-0.05, 0) is 43.5 Å². The summed E-state index contributed by atoms with van der Waals surface area (Å²) in [4.78, 5) is 17.3. The molecule has 1 aliphatic rings. The van der Waals surface area contributed by atoms with Gasteiger partial charge in [-0.15, -0.1) is 0 Å². The van der Waals surface area contributed by atoms with E-state index < -0.39 is 0 Å². The lowest BCUT2D eigenvalue weighted by Gasteiger charge is -2.25. The van der Waals surface area contributed by atoms with Crippen molar-refractivity contribution in [2.75, 3.05) is 13.2 Å². The molecule has 0 radical (unpaired) electrons. The number of hydroxylamine groups is 2. The molecule has 0 aliphatic carbocycles.